The van der Waals surface area contributed by atoms with E-state index in [1.165, 1.54) is 19.3 Å². The maximum absolute atomic E-state index is 5.45. The van der Waals surface area contributed by atoms with Crippen molar-refractivity contribution in [2.75, 3.05) is 0 Å². The molecular weight excluding hydrogens is 174 g/mol. The van der Waals surface area contributed by atoms with Gasteiger partial charge in [0.15, 0.2) is 0 Å². The highest BCUT2D eigenvalue weighted by atomic mass is 15.3. The van der Waals surface area contributed by atoms with Crippen LogP contribution < -0.4 is 11.3 Å². The van der Waals surface area contributed by atoms with Crippen LogP contribution >= 0.6 is 0 Å². The van der Waals surface area contributed by atoms with Crippen LogP contribution in [0.3, 0.4) is 0 Å². The molecule has 1 aliphatic rings. The Bertz CT molecular complexity index is 315. The van der Waals surface area contributed by atoms with E-state index in [1.54, 1.807) is 0 Å². The van der Waals surface area contributed by atoms with Gasteiger partial charge in [0, 0.05) is 5.92 Å². The van der Waals surface area contributed by atoms with Crippen molar-refractivity contribution in [1.29, 1.82) is 0 Å². The standard InChI is InChI=1S/C11H15N3/c12-14-11(9-5-4-6-9)13-10-7-2-1-3-8-10/h1-3,7-9H,4-6,12H2,(H,13,14). The van der Waals surface area contributed by atoms with Gasteiger partial charge < -0.3 is 5.43 Å². The molecule has 0 spiro atoms. The highest BCUT2D eigenvalue weighted by Gasteiger charge is 2.22. The molecule has 3 nitrogen and oxygen atoms in total. The number of benzene rings is 1. The lowest BCUT2D eigenvalue weighted by Crippen LogP contribution is -2.38. The summed E-state index contributed by atoms with van der Waals surface area (Å²) in [7, 11) is 0. The molecule has 3 N–H and O–H groups in total. The molecule has 1 aliphatic carbocycles. The third-order valence-electron chi connectivity index (χ3n) is 2.65. The second-order valence-corrected chi connectivity index (χ2v) is 3.60. The number of hydrogen-bond acceptors (Lipinski definition) is 2. The molecule has 74 valence electrons. The number of para-hydroxylation sites is 1. The molecule has 0 radical (unpaired) electrons. The van der Waals surface area contributed by atoms with Gasteiger partial charge in [-0.25, -0.2) is 10.8 Å². The minimum absolute atomic E-state index is 0.542. The Labute approximate surface area is 84.0 Å². The molecule has 0 aliphatic heterocycles. The van der Waals surface area contributed by atoms with Gasteiger partial charge in [-0.1, -0.05) is 24.6 Å². The second-order valence-electron chi connectivity index (χ2n) is 3.60. The zero-order chi connectivity index (χ0) is 9.80. The molecule has 1 aromatic rings. The summed E-state index contributed by atoms with van der Waals surface area (Å²) in [5.41, 5.74) is 3.67. The van der Waals surface area contributed by atoms with Crippen molar-refractivity contribution >= 4 is 11.5 Å². The maximum atomic E-state index is 5.45. The number of hydrogen-bond donors (Lipinski definition) is 2. The van der Waals surface area contributed by atoms with Gasteiger partial charge in [-0.15, -0.1) is 0 Å². The fourth-order valence-electron chi connectivity index (χ4n) is 1.56. The van der Waals surface area contributed by atoms with Gasteiger partial charge in [0.2, 0.25) is 0 Å². The van der Waals surface area contributed by atoms with Crippen molar-refractivity contribution in [2.24, 2.45) is 16.8 Å². The lowest BCUT2D eigenvalue weighted by Gasteiger charge is -2.26. The summed E-state index contributed by atoms with van der Waals surface area (Å²) in [6.07, 6.45) is 3.70. The van der Waals surface area contributed by atoms with Gasteiger partial charge in [0.05, 0.1) is 5.69 Å². The normalized spacial score (nSPS) is 17.6. The van der Waals surface area contributed by atoms with Crippen molar-refractivity contribution in [3.8, 4) is 0 Å². The Kier molecular flexibility index (Phi) is 2.79. The molecule has 1 fully saturated rings. The molecule has 0 atom stereocenters. The number of nitrogens with one attached hydrogen (secondary N) is 1. The van der Waals surface area contributed by atoms with Gasteiger partial charge in [-0.05, 0) is 25.0 Å². The zero-order valence-electron chi connectivity index (χ0n) is 8.11. The summed E-state index contributed by atoms with van der Waals surface area (Å²) in [5, 5.41) is 0. The highest BCUT2D eigenvalue weighted by Crippen LogP contribution is 2.28. The van der Waals surface area contributed by atoms with Crippen molar-refractivity contribution in [3.05, 3.63) is 30.3 Å². The molecule has 0 unspecified atom stereocenters. The van der Waals surface area contributed by atoms with E-state index < -0.39 is 0 Å². The van der Waals surface area contributed by atoms with E-state index in [1.807, 2.05) is 30.3 Å². The van der Waals surface area contributed by atoms with Gasteiger partial charge in [0.25, 0.3) is 0 Å². The number of amidine groups is 1. The van der Waals surface area contributed by atoms with Crippen LogP contribution in [0.4, 0.5) is 5.69 Å². The molecule has 1 aromatic carbocycles. The second kappa shape index (κ2) is 4.24. The Morgan fingerprint density at radius 3 is 2.50 bits per heavy atom. The fourth-order valence-corrected chi connectivity index (χ4v) is 1.56. The molecule has 1 saturated carbocycles. The number of nitrogens with zero attached hydrogens (tertiary/aromatic N) is 1. The van der Waals surface area contributed by atoms with Crippen molar-refractivity contribution < 1.29 is 0 Å². The van der Waals surface area contributed by atoms with E-state index in [2.05, 4.69) is 10.4 Å². The van der Waals surface area contributed by atoms with Crippen LogP contribution in [0.2, 0.25) is 0 Å². The minimum atomic E-state index is 0.542. The number of hydrazine groups is 1. The quantitative estimate of drug-likeness (QED) is 0.323. The van der Waals surface area contributed by atoms with E-state index in [-0.39, 0.29) is 0 Å². The zero-order valence-corrected chi connectivity index (χ0v) is 8.11. The van der Waals surface area contributed by atoms with E-state index in [4.69, 9.17) is 5.84 Å². The summed E-state index contributed by atoms with van der Waals surface area (Å²) in [5.74, 6) is 6.91. The van der Waals surface area contributed by atoms with Crippen LogP contribution in [0.5, 0.6) is 0 Å². The lowest BCUT2D eigenvalue weighted by atomic mass is 9.84. The third kappa shape index (κ3) is 1.93. The first-order valence-electron chi connectivity index (χ1n) is 5.00. The Morgan fingerprint density at radius 1 is 1.29 bits per heavy atom. The Morgan fingerprint density at radius 2 is 2.00 bits per heavy atom. The van der Waals surface area contributed by atoms with E-state index in [0.717, 1.165) is 11.5 Å². The lowest BCUT2D eigenvalue weighted by molar-refractivity contribution is 0.405. The van der Waals surface area contributed by atoms with Crippen LogP contribution in [-0.2, 0) is 0 Å². The summed E-state index contributed by atoms with van der Waals surface area (Å²) >= 11 is 0. The predicted octanol–water partition coefficient (Wildman–Crippen LogP) is 1.98. The van der Waals surface area contributed by atoms with Crippen molar-refractivity contribution in [2.45, 2.75) is 19.3 Å². The highest BCUT2D eigenvalue weighted by molar-refractivity contribution is 5.87. The third-order valence-corrected chi connectivity index (χ3v) is 2.65. The first kappa shape index (κ1) is 9.21. The molecule has 3 heteroatoms. The van der Waals surface area contributed by atoms with Gasteiger partial charge in [0.1, 0.15) is 5.84 Å². The monoisotopic (exact) mass is 189 g/mol. The predicted molar refractivity (Wildman–Crippen MR) is 58.2 cm³/mol. The molecule has 0 bridgehead atoms. The molecular formula is C11H15N3. The molecule has 2 rings (SSSR count). The molecule has 0 saturated heterocycles. The molecule has 0 amide bonds. The topological polar surface area (TPSA) is 50.4 Å². The number of aliphatic imine (C=N–C) groups is 1. The molecule has 0 heterocycles. The summed E-state index contributed by atoms with van der Waals surface area (Å²) < 4.78 is 0. The first-order chi connectivity index (χ1) is 6.90. The van der Waals surface area contributed by atoms with Crippen LogP contribution in [0.15, 0.2) is 35.3 Å². The van der Waals surface area contributed by atoms with Gasteiger partial charge in [-0.2, -0.15) is 0 Å². The van der Waals surface area contributed by atoms with Crippen LogP contribution in [0.1, 0.15) is 19.3 Å². The first-order valence-corrected chi connectivity index (χ1v) is 5.00. The van der Waals surface area contributed by atoms with E-state index in [0.29, 0.717) is 5.92 Å². The molecule has 0 aromatic heterocycles. The SMILES string of the molecule is NNC(=Nc1ccccc1)C1CCC1. The maximum Gasteiger partial charge on any atom is 0.119 e. The minimum Gasteiger partial charge on any atom is -0.312 e. The number of nitrogens with two attached hydrogens (primary N) is 1. The fraction of sp³-hybridized carbons (Fsp3) is 0.364. The summed E-state index contributed by atoms with van der Waals surface area (Å²) in [6.45, 7) is 0. The van der Waals surface area contributed by atoms with Crippen molar-refractivity contribution in [3.63, 3.8) is 0 Å². The summed E-state index contributed by atoms with van der Waals surface area (Å²) in [4.78, 5) is 4.48. The largest absolute Gasteiger partial charge is 0.312 e. The van der Waals surface area contributed by atoms with Crippen LogP contribution in [0, 0.1) is 5.92 Å². The van der Waals surface area contributed by atoms with Crippen molar-refractivity contribution in [1.82, 2.24) is 5.43 Å². The summed E-state index contributed by atoms with van der Waals surface area (Å²) in [6, 6.07) is 9.91. The molecule has 14 heavy (non-hydrogen) atoms. The Hall–Kier alpha value is -1.35. The van der Waals surface area contributed by atoms with Crippen LogP contribution in [0.25, 0.3) is 0 Å². The van der Waals surface area contributed by atoms with Crippen LogP contribution in [-0.4, -0.2) is 5.84 Å². The van der Waals surface area contributed by atoms with E-state index in [9.17, 15) is 0 Å². The smallest absolute Gasteiger partial charge is 0.119 e. The number of rotatable bonds is 2. The Balaban J connectivity index is 2.14. The van der Waals surface area contributed by atoms with Gasteiger partial charge in [-0.3, -0.25) is 0 Å². The average molecular weight is 189 g/mol. The van der Waals surface area contributed by atoms with E-state index >= 15 is 0 Å². The van der Waals surface area contributed by atoms with Gasteiger partial charge >= 0.3 is 0 Å². The average Bonchev–Trinajstić information content (AvgIpc) is 2.15.